The van der Waals surface area contributed by atoms with Gasteiger partial charge in [0.2, 0.25) is 5.13 Å². The van der Waals surface area contributed by atoms with Crippen LogP contribution >= 0.6 is 11.3 Å². The van der Waals surface area contributed by atoms with E-state index in [2.05, 4.69) is 59.5 Å². The molecule has 0 atom stereocenters. The molecule has 1 aliphatic rings. The van der Waals surface area contributed by atoms with Gasteiger partial charge < -0.3 is 9.47 Å². The van der Waals surface area contributed by atoms with Crippen LogP contribution < -0.4 is 10.1 Å². The van der Waals surface area contributed by atoms with Crippen LogP contribution in [0.3, 0.4) is 0 Å². The van der Waals surface area contributed by atoms with Crippen molar-refractivity contribution in [2.45, 2.75) is 47.0 Å². The third-order valence-electron chi connectivity index (χ3n) is 6.79. The number of carbonyl (C=O) groups is 1. The monoisotopic (exact) mass is 562 g/mol. The number of nitrogens with one attached hydrogen (secondary N) is 1. The van der Waals surface area contributed by atoms with Crippen molar-refractivity contribution in [3.8, 4) is 16.9 Å². The van der Waals surface area contributed by atoms with Gasteiger partial charge in [0, 0.05) is 29.8 Å². The molecular formula is C31H35FN4O3S. The van der Waals surface area contributed by atoms with Crippen LogP contribution in [0.25, 0.3) is 11.1 Å². The Morgan fingerprint density at radius 1 is 1.25 bits per heavy atom. The highest BCUT2D eigenvalue weighted by Crippen LogP contribution is 2.35. The Morgan fingerprint density at radius 2 is 2.05 bits per heavy atom. The van der Waals surface area contributed by atoms with Gasteiger partial charge >= 0.3 is 0 Å². The first-order valence-electron chi connectivity index (χ1n) is 13.3. The van der Waals surface area contributed by atoms with Crippen molar-refractivity contribution < 1.29 is 18.7 Å². The average molecular weight is 563 g/mol. The molecule has 1 fully saturated rings. The fourth-order valence-electron chi connectivity index (χ4n) is 4.42. The Bertz CT molecular complexity index is 1450. The number of methoxy groups -OCH3 is 1. The first-order chi connectivity index (χ1) is 19.3. The molecule has 1 aliphatic heterocycles. The van der Waals surface area contributed by atoms with Crippen LogP contribution in [0.1, 0.15) is 54.7 Å². The molecule has 0 aliphatic carbocycles. The van der Waals surface area contributed by atoms with Gasteiger partial charge in [-0.2, -0.15) is 0 Å². The van der Waals surface area contributed by atoms with E-state index in [1.165, 1.54) is 47.4 Å². The number of anilines is 1. The standard InChI is InChI=1S/C31H35FN4O3S/c1-6-21(15-22-17-39-18-22)10-11-23(19(2)3)12-13-28-35-36-31(40-28)34-30(37)25-16-33-20(4)14-24(25)29-26(32)8-7-9-27(29)38-5/h6-11,14,16,22H,12-13,15,17-18H2,1-5H3,(H,34,36,37)/b11-10-,21-6+. The molecule has 0 spiro atoms. The van der Waals surface area contributed by atoms with Crippen LogP contribution in [-0.2, 0) is 11.2 Å². The van der Waals surface area contributed by atoms with Gasteiger partial charge in [-0.25, -0.2) is 4.39 Å². The van der Waals surface area contributed by atoms with Crippen LogP contribution in [-0.4, -0.2) is 41.4 Å². The summed E-state index contributed by atoms with van der Waals surface area (Å²) in [6.07, 6.45) is 10.5. The highest BCUT2D eigenvalue weighted by Gasteiger charge is 2.21. The van der Waals surface area contributed by atoms with Gasteiger partial charge in [0.25, 0.3) is 5.91 Å². The van der Waals surface area contributed by atoms with Crippen molar-refractivity contribution in [3.63, 3.8) is 0 Å². The minimum Gasteiger partial charge on any atom is -0.496 e. The van der Waals surface area contributed by atoms with E-state index in [0.29, 0.717) is 34.5 Å². The molecule has 7 nitrogen and oxygen atoms in total. The van der Waals surface area contributed by atoms with E-state index in [-0.39, 0.29) is 11.1 Å². The molecule has 1 saturated heterocycles. The molecule has 1 amide bonds. The SMILES string of the molecule is C/C=C(\C=C/C(CCc1nnc(NC(=O)c2cnc(C)cc2-c2c(F)cccc2OC)s1)=C(C)C)CC1COC1. The smallest absolute Gasteiger partial charge is 0.259 e. The first kappa shape index (κ1) is 29.3. The van der Waals surface area contributed by atoms with Gasteiger partial charge in [0.05, 0.1) is 31.5 Å². The number of carbonyl (C=O) groups excluding carboxylic acids is 1. The summed E-state index contributed by atoms with van der Waals surface area (Å²) in [5, 5.41) is 12.5. The molecule has 0 bridgehead atoms. The van der Waals surface area contributed by atoms with Crippen molar-refractivity contribution in [1.82, 2.24) is 15.2 Å². The third-order valence-corrected chi connectivity index (χ3v) is 7.69. The lowest BCUT2D eigenvalue weighted by Gasteiger charge is -2.26. The Hall–Kier alpha value is -3.69. The molecule has 4 rings (SSSR count). The molecule has 1 aromatic carbocycles. The van der Waals surface area contributed by atoms with Gasteiger partial charge in [-0.05, 0) is 64.3 Å². The number of hydrogen-bond acceptors (Lipinski definition) is 7. The summed E-state index contributed by atoms with van der Waals surface area (Å²) in [7, 11) is 1.47. The van der Waals surface area contributed by atoms with Crippen molar-refractivity contribution in [1.29, 1.82) is 0 Å². The summed E-state index contributed by atoms with van der Waals surface area (Å²) < 4.78 is 25.5. The van der Waals surface area contributed by atoms with E-state index in [1.54, 1.807) is 25.1 Å². The highest BCUT2D eigenvalue weighted by atomic mass is 32.1. The van der Waals surface area contributed by atoms with Gasteiger partial charge in [-0.1, -0.05) is 46.8 Å². The molecule has 40 heavy (non-hydrogen) atoms. The van der Waals surface area contributed by atoms with Crippen molar-refractivity contribution in [3.05, 3.63) is 87.5 Å². The van der Waals surface area contributed by atoms with Crippen LogP contribution in [0, 0.1) is 18.7 Å². The van der Waals surface area contributed by atoms with E-state index in [0.717, 1.165) is 31.1 Å². The second kappa shape index (κ2) is 13.6. The quantitative estimate of drug-likeness (QED) is 0.251. The molecule has 0 unspecified atom stereocenters. The normalized spacial score (nSPS) is 13.8. The minimum absolute atomic E-state index is 0.211. The number of aromatic nitrogens is 3. The van der Waals surface area contributed by atoms with E-state index < -0.39 is 11.7 Å². The number of halogens is 1. The van der Waals surface area contributed by atoms with Gasteiger partial charge in [-0.3, -0.25) is 15.1 Å². The maximum absolute atomic E-state index is 14.9. The predicted molar refractivity (Wildman–Crippen MR) is 157 cm³/mol. The number of pyridine rings is 1. The summed E-state index contributed by atoms with van der Waals surface area (Å²) in [6, 6.07) is 6.24. The minimum atomic E-state index is -0.486. The topological polar surface area (TPSA) is 86.2 Å². The molecule has 9 heteroatoms. The van der Waals surface area contributed by atoms with E-state index in [1.807, 2.05) is 0 Å². The summed E-state index contributed by atoms with van der Waals surface area (Å²) in [6.45, 7) is 9.76. The second-order valence-corrected chi connectivity index (χ2v) is 11.0. The maximum atomic E-state index is 14.9. The lowest BCUT2D eigenvalue weighted by atomic mass is 9.96. The van der Waals surface area contributed by atoms with Gasteiger partial charge in [-0.15, -0.1) is 10.2 Å². The zero-order chi connectivity index (χ0) is 28.6. The second-order valence-electron chi connectivity index (χ2n) is 9.97. The summed E-state index contributed by atoms with van der Waals surface area (Å²) in [5.41, 5.74) is 5.29. The molecule has 2 aromatic heterocycles. The lowest BCUT2D eigenvalue weighted by Crippen LogP contribution is -2.27. The molecule has 0 saturated carbocycles. The van der Waals surface area contributed by atoms with Crippen LogP contribution in [0.4, 0.5) is 9.52 Å². The number of nitrogens with zero attached hydrogens (tertiary/aromatic N) is 3. The first-order valence-corrected chi connectivity index (χ1v) is 14.1. The van der Waals surface area contributed by atoms with E-state index >= 15 is 0 Å². The molecule has 210 valence electrons. The Kier molecular flexibility index (Phi) is 9.95. The Labute approximate surface area is 238 Å². The number of rotatable bonds is 11. The van der Waals surface area contributed by atoms with Gasteiger partial charge in [0.15, 0.2) is 0 Å². The molecule has 0 radical (unpaired) electrons. The zero-order valence-corrected chi connectivity index (χ0v) is 24.4. The number of ether oxygens (including phenoxy) is 2. The Morgan fingerprint density at radius 3 is 2.73 bits per heavy atom. The predicted octanol–water partition coefficient (Wildman–Crippen LogP) is 7.12. The summed E-state index contributed by atoms with van der Waals surface area (Å²) >= 11 is 1.33. The zero-order valence-electron chi connectivity index (χ0n) is 23.6. The molecule has 3 aromatic rings. The average Bonchev–Trinajstić information content (AvgIpc) is 3.35. The summed E-state index contributed by atoms with van der Waals surface area (Å²) in [5.74, 6) is 0.0150. The molecule has 3 heterocycles. The van der Waals surface area contributed by atoms with Gasteiger partial charge in [0.1, 0.15) is 16.6 Å². The molecule has 1 N–H and O–H groups in total. The lowest BCUT2D eigenvalue weighted by molar-refractivity contribution is -0.0308. The Balaban J connectivity index is 1.44. The number of hydrogen-bond donors (Lipinski definition) is 1. The highest BCUT2D eigenvalue weighted by molar-refractivity contribution is 7.15. The number of allylic oxidation sites excluding steroid dienone is 6. The molecular weight excluding hydrogens is 527 g/mol. The van der Waals surface area contributed by atoms with Crippen molar-refractivity contribution in [2.75, 3.05) is 25.6 Å². The third kappa shape index (κ3) is 7.28. The van der Waals surface area contributed by atoms with Crippen LogP contribution in [0.5, 0.6) is 5.75 Å². The van der Waals surface area contributed by atoms with Crippen molar-refractivity contribution >= 4 is 22.4 Å². The van der Waals surface area contributed by atoms with Crippen molar-refractivity contribution in [2.24, 2.45) is 5.92 Å². The number of aryl methyl sites for hydroxylation is 2. The fourth-order valence-corrected chi connectivity index (χ4v) is 5.15. The van der Waals surface area contributed by atoms with Crippen LogP contribution in [0.2, 0.25) is 0 Å². The largest absolute Gasteiger partial charge is 0.496 e. The number of amides is 1. The summed E-state index contributed by atoms with van der Waals surface area (Å²) in [4.78, 5) is 17.5. The maximum Gasteiger partial charge on any atom is 0.259 e. The van der Waals surface area contributed by atoms with E-state index in [9.17, 15) is 9.18 Å². The van der Waals surface area contributed by atoms with E-state index in [4.69, 9.17) is 9.47 Å². The number of benzene rings is 1. The van der Waals surface area contributed by atoms with Crippen LogP contribution in [0.15, 0.2) is 65.4 Å². The fraction of sp³-hybridized carbons (Fsp3) is 0.355.